The molecule has 0 N–H and O–H groups in total. The third kappa shape index (κ3) is 3.05. The Kier molecular flexibility index (Phi) is 4.24. The number of hydrogen-bond donors (Lipinski definition) is 0. The summed E-state index contributed by atoms with van der Waals surface area (Å²) in [4.78, 5) is 0.438. The summed E-state index contributed by atoms with van der Waals surface area (Å²) in [5, 5.41) is 8.80. The lowest BCUT2D eigenvalue weighted by atomic mass is 9.76. The third-order valence-corrected chi connectivity index (χ3v) is 7.32. The van der Waals surface area contributed by atoms with Gasteiger partial charge in [0, 0.05) is 13.1 Å². The van der Waals surface area contributed by atoms with Crippen molar-refractivity contribution in [3.63, 3.8) is 0 Å². The van der Waals surface area contributed by atoms with E-state index in [2.05, 4.69) is 20.8 Å². The molecule has 0 radical (unpaired) electrons. The average Bonchev–Trinajstić information content (AvgIpc) is 2.87. The maximum Gasteiger partial charge on any atom is 0.252 e. The molecule has 1 aromatic rings. The molecule has 6 heteroatoms. The van der Waals surface area contributed by atoms with Gasteiger partial charge in [0.05, 0.1) is 0 Å². The molecule has 0 unspecified atom stereocenters. The Morgan fingerprint density at radius 1 is 1.30 bits per heavy atom. The maximum absolute atomic E-state index is 12.5. The van der Waals surface area contributed by atoms with Gasteiger partial charge in [-0.2, -0.15) is 9.57 Å². The Bertz CT molecular complexity index is 612. The highest BCUT2D eigenvalue weighted by atomic mass is 32.2. The van der Waals surface area contributed by atoms with Crippen LogP contribution in [0.15, 0.2) is 16.3 Å². The molecule has 1 aromatic heterocycles. The monoisotopic (exact) mass is 312 g/mol. The van der Waals surface area contributed by atoms with Crippen molar-refractivity contribution in [1.29, 1.82) is 5.26 Å². The molecule has 2 rings (SSSR count). The number of nitrogens with zero attached hydrogens (tertiary/aromatic N) is 2. The van der Waals surface area contributed by atoms with Crippen LogP contribution in [0.4, 0.5) is 0 Å². The molecular weight excluding hydrogens is 292 g/mol. The van der Waals surface area contributed by atoms with E-state index >= 15 is 0 Å². The van der Waals surface area contributed by atoms with Crippen molar-refractivity contribution < 1.29 is 8.42 Å². The number of piperidine rings is 1. The van der Waals surface area contributed by atoms with Gasteiger partial charge >= 0.3 is 0 Å². The second-order valence-corrected chi connectivity index (χ2v) is 9.52. The van der Waals surface area contributed by atoms with Crippen LogP contribution in [0.3, 0.4) is 0 Å². The fourth-order valence-electron chi connectivity index (χ4n) is 2.61. The summed E-state index contributed by atoms with van der Waals surface area (Å²) >= 11 is 1.05. The van der Waals surface area contributed by atoms with E-state index in [1.807, 2.05) is 6.07 Å². The van der Waals surface area contributed by atoms with Gasteiger partial charge in [-0.15, -0.1) is 11.3 Å². The maximum atomic E-state index is 12.5. The molecule has 1 aliphatic heterocycles. The lowest BCUT2D eigenvalue weighted by Crippen LogP contribution is -2.41. The van der Waals surface area contributed by atoms with Gasteiger partial charge in [0.1, 0.15) is 15.2 Å². The van der Waals surface area contributed by atoms with Crippen LogP contribution >= 0.6 is 11.3 Å². The van der Waals surface area contributed by atoms with Gasteiger partial charge in [0.25, 0.3) is 10.0 Å². The summed E-state index contributed by atoms with van der Waals surface area (Å²) in [6.07, 6.45) is 1.80. The van der Waals surface area contributed by atoms with Crippen molar-refractivity contribution in [3.8, 4) is 6.07 Å². The predicted molar refractivity (Wildman–Crippen MR) is 80.0 cm³/mol. The first-order valence-electron chi connectivity index (χ1n) is 6.75. The number of nitriles is 1. The molecule has 0 aliphatic carbocycles. The number of thiophene rings is 1. The molecule has 0 bridgehead atoms. The first-order chi connectivity index (χ1) is 9.25. The first-order valence-corrected chi connectivity index (χ1v) is 9.01. The van der Waals surface area contributed by atoms with Gasteiger partial charge in [-0.3, -0.25) is 0 Å². The molecule has 20 heavy (non-hydrogen) atoms. The van der Waals surface area contributed by atoms with Crippen molar-refractivity contribution in [2.75, 3.05) is 13.1 Å². The third-order valence-electron chi connectivity index (χ3n) is 3.96. The average molecular weight is 312 g/mol. The fourth-order valence-corrected chi connectivity index (χ4v) is 5.34. The van der Waals surface area contributed by atoms with E-state index in [-0.39, 0.29) is 9.62 Å². The number of sulfonamides is 1. The Balaban J connectivity index is 2.12. The van der Waals surface area contributed by atoms with Crippen molar-refractivity contribution in [2.45, 2.75) is 37.8 Å². The van der Waals surface area contributed by atoms with Gasteiger partial charge in [-0.05, 0) is 36.3 Å². The van der Waals surface area contributed by atoms with E-state index in [0.29, 0.717) is 23.9 Å². The largest absolute Gasteiger partial charge is 0.252 e. The summed E-state index contributed by atoms with van der Waals surface area (Å²) in [6.45, 7) is 7.77. The molecule has 0 atom stereocenters. The lowest BCUT2D eigenvalue weighted by molar-refractivity contribution is 0.154. The zero-order valence-electron chi connectivity index (χ0n) is 12.1. The van der Waals surface area contributed by atoms with Crippen LogP contribution in [-0.4, -0.2) is 25.8 Å². The van der Waals surface area contributed by atoms with Crippen LogP contribution in [0.2, 0.25) is 0 Å². The Labute approximate surface area is 125 Å². The highest BCUT2D eigenvalue weighted by Gasteiger charge is 2.34. The first kappa shape index (κ1) is 15.5. The molecule has 1 fully saturated rings. The summed E-state index contributed by atoms with van der Waals surface area (Å²) in [7, 11) is -3.42. The summed E-state index contributed by atoms with van der Waals surface area (Å²) in [5.74, 6) is 0.562. The number of hydrogen-bond acceptors (Lipinski definition) is 4. The van der Waals surface area contributed by atoms with E-state index in [9.17, 15) is 8.42 Å². The van der Waals surface area contributed by atoms with E-state index in [0.717, 1.165) is 24.2 Å². The van der Waals surface area contributed by atoms with Gasteiger partial charge in [-0.25, -0.2) is 8.42 Å². The second-order valence-electron chi connectivity index (χ2n) is 6.27. The van der Waals surface area contributed by atoms with Crippen LogP contribution in [0, 0.1) is 22.7 Å². The molecule has 0 saturated carbocycles. The molecule has 4 nitrogen and oxygen atoms in total. The molecule has 0 amide bonds. The van der Waals surface area contributed by atoms with Crippen molar-refractivity contribution in [1.82, 2.24) is 4.31 Å². The molecule has 0 spiro atoms. The van der Waals surface area contributed by atoms with E-state index in [4.69, 9.17) is 5.26 Å². The molecular formula is C14H20N2O2S2. The quantitative estimate of drug-likeness (QED) is 0.843. The Morgan fingerprint density at radius 2 is 1.90 bits per heavy atom. The Morgan fingerprint density at radius 3 is 2.35 bits per heavy atom. The van der Waals surface area contributed by atoms with Crippen LogP contribution < -0.4 is 0 Å². The minimum Gasteiger partial charge on any atom is -0.206 e. The van der Waals surface area contributed by atoms with Crippen LogP contribution in [0.5, 0.6) is 0 Å². The zero-order chi connectivity index (χ0) is 15.0. The molecule has 1 saturated heterocycles. The van der Waals surface area contributed by atoms with Gasteiger partial charge in [-0.1, -0.05) is 20.8 Å². The molecule has 0 aromatic carbocycles. The zero-order valence-corrected chi connectivity index (χ0v) is 13.7. The number of rotatable bonds is 2. The van der Waals surface area contributed by atoms with Crippen LogP contribution in [0.1, 0.15) is 38.5 Å². The summed E-state index contributed by atoms with van der Waals surface area (Å²) < 4.78 is 26.8. The topological polar surface area (TPSA) is 61.2 Å². The fraction of sp³-hybridized carbons (Fsp3) is 0.643. The van der Waals surface area contributed by atoms with Crippen molar-refractivity contribution >= 4 is 21.4 Å². The lowest BCUT2D eigenvalue weighted by Gasteiger charge is -2.37. The molecule has 2 heterocycles. The highest BCUT2D eigenvalue weighted by Crippen LogP contribution is 2.36. The summed E-state index contributed by atoms with van der Waals surface area (Å²) in [5.41, 5.74) is 0.229. The van der Waals surface area contributed by atoms with Crippen LogP contribution in [-0.2, 0) is 10.0 Å². The summed E-state index contributed by atoms with van der Waals surface area (Å²) in [6, 6.07) is 5.09. The minimum atomic E-state index is -3.42. The Hall–Kier alpha value is -0.900. The highest BCUT2D eigenvalue weighted by molar-refractivity contribution is 7.91. The van der Waals surface area contributed by atoms with E-state index in [1.165, 1.54) is 6.07 Å². The van der Waals surface area contributed by atoms with Gasteiger partial charge < -0.3 is 0 Å². The van der Waals surface area contributed by atoms with E-state index < -0.39 is 10.0 Å². The van der Waals surface area contributed by atoms with Gasteiger partial charge in [0.2, 0.25) is 0 Å². The molecule has 1 aliphatic rings. The predicted octanol–water partition coefficient (Wildman–Crippen LogP) is 3.07. The SMILES string of the molecule is CC(C)(C)C1CCN(S(=O)(=O)c2ccc(C#N)s2)CC1. The standard InChI is InChI=1S/C14H20N2O2S2/c1-14(2,3)11-6-8-16(9-7-11)20(17,18)13-5-4-12(10-15)19-13/h4-5,11H,6-9H2,1-3H3. The van der Waals surface area contributed by atoms with Gasteiger partial charge in [0.15, 0.2) is 0 Å². The normalized spacial score (nSPS) is 18.9. The minimum absolute atomic E-state index is 0.229. The molecule has 110 valence electrons. The van der Waals surface area contributed by atoms with E-state index in [1.54, 1.807) is 10.4 Å². The van der Waals surface area contributed by atoms with Crippen LogP contribution in [0.25, 0.3) is 0 Å². The van der Waals surface area contributed by atoms with Crippen molar-refractivity contribution in [3.05, 3.63) is 17.0 Å². The second kappa shape index (κ2) is 5.47. The van der Waals surface area contributed by atoms with Crippen molar-refractivity contribution in [2.24, 2.45) is 11.3 Å². The smallest absolute Gasteiger partial charge is 0.206 e.